The van der Waals surface area contributed by atoms with E-state index in [0.29, 0.717) is 5.92 Å². The molecule has 1 saturated heterocycles. The van der Waals surface area contributed by atoms with Crippen molar-refractivity contribution in [2.45, 2.75) is 65.3 Å². The number of nitrogens with one attached hydrogen (secondary N) is 1. The quantitative estimate of drug-likeness (QED) is 0.473. The van der Waals surface area contributed by atoms with Gasteiger partial charge in [0, 0.05) is 17.9 Å². The summed E-state index contributed by atoms with van der Waals surface area (Å²) in [6.07, 6.45) is 16.4. The van der Waals surface area contributed by atoms with E-state index in [0.717, 1.165) is 25.7 Å². The molecule has 0 radical (unpaired) electrons. The van der Waals surface area contributed by atoms with E-state index in [2.05, 4.69) is 56.4 Å². The summed E-state index contributed by atoms with van der Waals surface area (Å²) in [5.41, 5.74) is 1.43. The third-order valence-corrected chi connectivity index (χ3v) is 8.05. The summed E-state index contributed by atoms with van der Waals surface area (Å²) >= 11 is 0. The van der Waals surface area contributed by atoms with Gasteiger partial charge in [0.25, 0.3) is 0 Å². The Morgan fingerprint density at radius 3 is 2.62 bits per heavy atom. The van der Waals surface area contributed by atoms with Crippen LogP contribution in [0.2, 0.25) is 0 Å². The van der Waals surface area contributed by atoms with Gasteiger partial charge in [-0.1, -0.05) is 86.9 Å². The Labute approximate surface area is 193 Å². The second-order valence-electron chi connectivity index (χ2n) is 10.2. The molecule has 1 amide bonds. The third-order valence-electron chi connectivity index (χ3n) is 8.05. The number of carbonyl (C=O) groups is 2. The first-order valence-corrected chi connectivity index (χ1v) is 12.4. The minimum atomic E-state index is -1.05. The Hall–Kier alpha value is -2.42. The van der Waals surface area contributed by atoms with Gasteiger partial charge in [-0.2, -0.15) is 0 Å². The van der Waals surface area contributed by atoms with Crippen LogP contribution in [0, 0.1) is 29.1 Å². The molecule has 6 atom stereocenters. The van der Waals surface area contributed by atoms with E-state index in [9.17, 15) is 9.59 Å². The standard InChI is InChI=1S/C29H37NO2/c1-20-12-7-4-5-10-17-26(31)29-24(16-11-13-20)18-21(2)22(3)27(29)25(30-28(29)32)19-23-14-8-6-9-15-23/h6,8-11,14-18,20,22,24-25,27H,4-5,7,12-13,19H2,1-3H3,(H,30,32)/b16-11+,17-10+/t20-,22+,24-,25+,27+,29-/m1/s1. The van der Waals surface area contributed by atoms with Crippen molar-refractivity contribution in [1.82, 2.24) is 5.32 Å². The highest BCUT2D eigenvalue weighted by Crippen LogP contribution is 2.54. The predicted octanol–water partition coefficient (Wildman–Crippen LogP) is 5.82. The molecule has 1 heterocycles. The molecular formula is C29H37NO2. The molecule has 170 valence electrons. The molecule has 0 unspecified atom stereocenters. The van der Waals surface area contributed by atoms with Crippen molar-refractivity contribution in [3.63, 3.8) is 0 Å². The minimum absolute atomic E-state index is 0.0203. The number of amides is 1. The van der Waals surface area contributed by atoms with Crippen molar-refractivity contribution in [3.8, 4) is 0 Å². The van der Waals surface area contributed by atoms with Crippen LogP contribution in [0.25, 0.3) is 0 Å². The number of benzene rings is 1. The maximum absolute atomic E-state index is 13.9. The molecule has 1 aliphatic heterocycles. The van der Waals surface area contributed by atoms with Crippen LogP contribution in [-0.4, -0.2) is 17.7 Å². The molecule has 2 aliphatic carbocycles. The minimum Gasteiger partial charge on any atom is -0.352 e. The lowest BCUT2D eigenvalue weighted by atomic mass is 9.55. The lowest BCUT2D eigenvalue weighted by Gasteiger charge is -2.44. The fourth-order valence-electron chi connectivity index (χ4n) is 6.16. The summed E-state index contributed by atoms with van der Waals surface area (Å²) in [5.74, 6) is 0.414. The normalized spacial score (nSPS) is 37.6. The number of carbonyl (C=O) groups excluding carboxylic acids is 2. The summed E-state index contributed by atoms with van der Waals surface area (Å²) in [4.78, 5) is 27.6. The van der Waals surface area contributed by atoms with E-state index >= 15 is 0 Å². The number of hydrogen-bond acceptors (Lipinski definition) is 2. The Bertz CT molecular complexity index is 928. The number of rotatable bonds is 2. The van der Waals surface area contributed by atoms with Gasteiger partial charge in [-0.15, -0.1) is 0 Å². The van der Waals surface area contributed by atoms with E-state index in [1.54, 1.807) is 6.08 Å². The van der Waals surface area contributed by atoms with Gasteiger partial charge in [-0.05, 0) is 56.1 Å². The first kappa shape index (κ1) is 22.8. The highest BCUT2D eigenvalue weighted by Gasteiger charge is 2.64. The molecule has 3 heteroatoms. The first-order valence-electron chi connectivity index (χ1n) is 12.4. The first-order chi connectivity index (χ1) is 15.4. The monoisotopic (exact) mass is 431 g/mol. The zero-order valence-electron chi connectivity index (χ0n) is 19.7. The van der Waals surface area contributed by atoms with Crippen molar-refractivity contribution in [2.75, 3.05) is 0 Å². The Kier molecular flexibility index (Phi) is 6.83. The van der Waals surface area contributed by atoms with Gasteiger partial charge in [0.1, 0.15) is 5.41 Å². The zero-order chi connectivity index (χ0) is 22.7. The predicted molar refractivity (Wildman–Crippen MR) is 130 cm³/mol. The Balaban J connectivity index is 1.79. The van der Waals surface area contributed by atoms with Gasteiger partial charge in [0.2, 0.25) is 5.91 Å². The maximum Gasteiger partial charge on any atom is 0.235 e. The molecule has 4 rings (SSSR count). The summed E-state index contributed by atoms with van der Waals surface area (Å²) in [6.45, 7) is 6.65. The van der Waals surface area contributed by atoms with Gasteiger partial charge in [0.15, 0.2) is 5.78 Å². The lowest BCUT2D eigenvalue weighted by Crippen LogP contribution is -2.51. The smallest absolute Gasteiger partial charge is 0.235 e. The van der Waals surface area contributed by atoms with Gasteiger partial charge in [-0.25, -0.2) is 0 Å². The van der Waals surface area contributed by atoms with Crippen LogP contribution in [0.3, 0.4) is 0 Å². The third kappa shape index (κ3) is 4.14. The topological polar surface area (TPSA) is 46.2 Å². The number of ketones is 1. The van der Waals surface area contributed by atoms with Crippen LogP contribution in [0.15, 0.2) is 66.3 Å². The molecule has 3 aliphatic rings. The summed E-state index contributed by atoms with van der Waals surface area (Å²) in [6, 6.07) is 10.3. The highest BCUT2D eigenvalue weighted by molar-refractivity contribution is 6.13. The molecule has 32 heavy (non-hydrogen) atoms. The van der Waals surface area contributed by atoms with Crippen LogP contribution in [0.5, 0.6) is 0 Å². The summed E-state index contributed by atoms with van der Waals surface area (Å²) in [5, 5.41) is 3.29. The number of allylic oxidation sites excluding steroid dienone is 6. The zero-order valence-corrected chi connectivity index (χ0v) is 19.7. The SMILES string of the molecule is CC1=C[C@H]2/C=C/C[C@H](C)CCCC/C=C/C(=O)[C@]23C(=O)N[C@@H](Cc2ccccc2)[C@@H]3[C@H]1C. The lowest BCUT2D eigenvalue weighted by molar-refractivity contribution is -0.142. The van der Waals surface area contributed by atoms with Crippen LogP contribution in [0.4, 0.5) is 0 Å². The maximum atomic E-state index is 13.9. The van der Waals surface area contributed by atoms with Crippen molar-refractivity contribution in [3.05, 3.63) is 71.8 Å². The van der Waals surface area contributed by atoms with Gasteiger partial charge in [0.05, 0.1) is 0 Å². The van der Waals surface area contributed by atoms with Gasteiger partial charge in [-0.3, -0.25) is 9.59 Å². The molecule has 1 spiro atoms. The van der Waals surface area contributed by atoms with E-state index in [-0.39, 0.29) is 35.5 Å². The molecule has 0 aromatic heterocycles. The summed E-state index contributed by atoms with van der Waals surface area (Å²) < 4.78 is 0. The van der Waals surface area contributed by atoms with Crippen LogP contribution in [0.1, 0.15) is 58.4 Å². The second-order valence-corrected chi connectivity index (χ2v) is 10.2. The van der Waals surface area contributed by atoms with Crippen LogP contribution >= 0.6 is 0 Å². The summed E-state index contributed by atoms with van der Waals surface area (Å²) in [7, 11) is 0. The average molecular weight is 432 g/mol. The van der Waals surface area contributed by atoms with Crippen molar-refractivity contribution in [2.24, 2.45) is 29.1 Å². The van der Waals surface area contributed by atoms with E-state index in [1.165, 1.54) is 24.0 Å². The van der Waals surface area contributed by atoms with E-state index in [4.69, 9.17) is 0 Å². The largest absolute Gasteiger partial charge is 0.352 e. The highest BCUT2D eigenvalue weighted by atomic mass is 16.2. The number of hydrogen-bond donors (Lipinski definition) is 1. The molecule has 1 fully saturated rings. The van der Waals surface area contributed by atoms with Gasteiger partial charge < -0.3 is 5.32 Å². The van der Waals surface area contributed by atoms with Crippen molar-refractivity contribution in [1.29, 1.82) is 0 Å². The average Bonchev–Trinajstić information content (AvgIpc) is 3.07. The molecule has 3 nitrogen and oxygen atoms in total. The van der Waals surface area contributed by atoms with E-state index in [1.807, 2.05) is 24.3 Å². The molecule has 1 N–H and O–H groups in total. The fraction of sp³-hybridized carbons (Fsp3) is 0.517. The molecule has 1 aromatic rings. The van der Waals surface area contributed by atoms with Gasteiger partial charge >= 0.3 is 0 Å². The Morgan fingerprint density at radius 2 is 1.84 bits per heavy atom. The van der Waals surface area contributed by atoms with Crippen molar-refractivity contribution < 1.29 is 9.59 Å². The fourth-order valence-corrected chi connectivity index (χ4v) is 6.16. The van der Waals surface area contributed by atoms with Crippen LogP contribution < -0.4 is 5.32 Å². The molecule has 0 bridgehead atoms. The van der Waals surface area contributed by atoms with E-state index < -0.39 is 5.41 Å². The Morgan fingerprint density at radius 1 is 1.06 bits per heavy atom. The van der Waals surface area contributed by atoms with Crippen LogP contribution in [-0.2, 0) is 16.0 Å². The molecule has 0 saturated carbocycles. The van der Waals surface area contributed by atoms with Crippen molar-refractivity contribution >= 4 is 11.7 Å². The molecular weight excluding hydrogens is 394 g/mol. The second kappa shape index (κ2) is 9.60. The molecule has 1 aromatic carbocycles.